The summed E-state index contributed by atoms with van der Waals surface area (Å²) in [5.74, 6) is 0. The third kappa shape index (κ3) is 1.25. The first kappa shape index (κ1) is 8.69. The first-order valence-corrected chi connectivity index (χ1v) is 5.01. The van der Waals surface area contributed by atoms with Gasteiger partial charge >= 0.3 is 0 Å². The van der Waals surface area contributed by atoms with E-state index in [9.17, 15) is 0 Å². The van der Waals surface area contributed by atoms with E-state index in [4.69, 9.17) is 0 Å². The van der Waals surface area contributed by atoms with Crippen LogP contribution in [0.4, 0.5) is 0 Å². The smallest absolute Gasteiger partial charge is 0.156 e. The number of pyridine rings is 1. The Bertz CT molecular complexity index is 447. The zero-order valence-electron chi connectivity index (χ0n) is 7.58. The van der Waals surface area contributed by atoms with E-state index in [1.807, 2.05) is 4.52 Å². The summed E-state index contributed by atoms with van der Waals surface area (Å²) in [5, 5.41) is 4.13. The van der Waals surface area contributed by atoms with Crippen LogP contribution in [0.15, 0.2) is 17.0 Å². The summed E-state index contributed by atoms with van der Waals surface area (Å²) in [6.45, 7) is 4.23. The molecule has 0 saturated carbocycles. The van der Waals surface area contributed by atoms with Crippen molar-refractivity contribution in [3.8, 4) is 0 Å². The summed E-state index contributed by atoms with van der Waals surface area (Å²) in [5.41, 5.74) is 3.44. The van der Waals surface area contributed by atoms with Crippen LogP contribution in [0.2, 0.25) is 0 Å². The third-order valence-electron chi connectivity index (χ3n) is 2.18. The molecule has 0 spiro atoms. The van der Waals surface area contributed by atoms with Crippen LogP contribution < -0.4 is 0 Å². The molecule has 0 amide bonds. The van der Waals surface area contributed by atoms with Crippen LogP contribution in [-0.4, -0.2) is 14.6 Å². The Morgan fingerprint density at radius 3 is 3.00 bits per heavy atom. The molecule has 0 aliphatic rings. The first-order chi connectivity index (χ1) is 6.24. The summed E-state index contributed by atoms with van der Waals surface area (Å²) in [6, 6.07) is 2.05. The fourth-order valence-electron chi connectivity index (χ4n) is 1.50. The van der Waals surface area contributed by atoms with Crippen molar-refractivity contribution in [3.05, 3.63) is 28.1 Å². The van der Waals surface area contributed by atoms with Crippen molar-refractivity contribution in [2.24, 2.45) is 0 Å². The number of nitrogens with zero attached hydrogens (tertiary/aromatic N) is 3. The second kappa shape index (κ2) is 3.10. The number of aryl methyl sites for hydroxylation is 1. The minimum Gasteiger partial charge on any atom is -0.215 e. The Hall–Kier alpha value is -0.900. The molecule has 0 N–H and O–H groups in total. The number of rotatable bonds is 1. The monoisotopic (exact) mass is 239 g/mol. The molecule has 2 aromatic rings. The van der Waals surface area contributed by atoms with Gasteiger partial charge in [0.2, 0.25) is 0 Å². The van der Waals surface area contributed by atoms with E-state index in [2.05, 4.69) is 45.9 Å². The van der Waals surface area contributed by atoms with Gasteiger partial charge in [-0.05, 0) is 46.5 Å². The number of fused-ring (bicyclic) bond motifs is 1. The van der Waals surface area contributed by atoms with Gasteiger partial charge in [0.25, 0.3) is 0 Å². The maximum atomic E-state index is 4.14. The van der Waals surface area contributed by atoms with Gasteiger partial charge in [0.15, 0.2) is 5.65 Å². The predicted octanol–water partition coefficient (Wildman–Crippen LogP) is 2.36. The van der Waals surface area contributed by atoms with Crippen LogP contribution in [0, 0.1) is 6.92 Å². The van der Waals surface area contributed by atoms with E-state index >= 15 is 0 Å². The Kier molecular flexibility index (Phi) is 2.07. The third-order valence-corrected chi connectivity index (χ3v) is 3.00. The van der Waals surface area contributed by atoms with Gasteiger partial charge in [0, 0.05) is 0 Å². The lowest BCUT2D eigenvalue weighted by molar-refractivity contribution is 0.899. The van der Waals surface area contributed by atoms with E-state index in [0.717, 1.165) is 16.7 Å². The molecule has 0 saturated heterocycles. The zero-order chi connectivity index (χ0) is 9.42. The second-order valence-corrected chi connectivity index (χ2v) is 3.73. The SMILES string of the molecule is CCc1c(C)cc2ncnn2c1Br. The Balaban J connectivity index is 2.85. The van der Waals surface area contributed by atoms with Crippen LogP contribution in [0.5, 0.6) is 0 Å². The zero-order valence-corrected chi connectivity index (χ0v) is 9.17. The van der Waals surface area contributed by atoms with Gasteiger partial charge < -0.3 is 0 Å². The normalized spacial score (nSPS) is 11.0. The van der Waals surface area contributed by atoms with Gasteiger partial charge in [-0.3, -0.25) is 0 Å². The standard InChI is InChI=1S/C9H10BrN3/c1-3-7-6(2)4-8-11-5-12-13(8)9(7)10/h4-5H,3H2,1-2H3. The molecule has 0 aliphatic carbocycles. The molecule has 68 valence electrons. The highest BCUT2D eigenvalue weighted by Gasteiger charge is 2.07. The molecule has 2 rings (SSSR count). The summed E-state index contributed by atoms with van der Waals surface area (Å²) in [6.07, 6.45) is 2.57. The summed E-state index contributed by atoms with van der Waals surface area (Å²) < 4.78 is 2.83. The van der Waals surface area contributed by atoms with Crippen molar-refractivity contribution < 1.29 is 0 Å². The van der Waals surface area contributed by atoms with E-state index in [0.29, 0.717) is 0 Å². The Morgan fingerprint density at radius 1 is 1.54 bits per heavy atom. The molecular formula is C9H10BrN3. The molecule has 0 bridgehead atoms. The molecule has 0 fully saturated rings. The van der Waals surface area contributed by atoms with Crippen molar-refractivity contribution in [1.82, 2.24) is 14.6 Å². The number of halogens is 1. The van der Waals surface area contributed by atoms with Crippen LogP contribution >= 0.6 is 15.9 Å². The van der Waals surface area contributed by atoms with E-state index in [1.165, 1.54) is 11.1 Å². The van der Waals surface area contributed by atoms with E-state index in [1.54, 1.807) is 6.33 Å². The minimum absolute atomic E-state index is 0.890. The summed E-state index contributed by atoms with van der Waals surface area (Å²) >= 11 is 3.53. The molecule has 0 aliphatic heterocycles. The minimum atomic E-state index is 0.890. The van der Waals surface area contributed by atoms with Gasteiger partial charge in [-0.15, -0.1) is 0 Å². The van der Waals surface area contributed by atoms with Gasteiger partial charge in [-0.25, -0.2) is 9.50 Å². The molecule has 2 heterocycles. The van der Waals surface area contributed by atoms with Crippen LogP contribution in [0.3, 0.4) is 0 Å². The summed E-state index contributed by atoms with van der Waals surface area (Å²) in [7, 11) is 0. The van der Waals surface area contributed by atoms with Crippen LogP contribution in [0.25, 0.3) is 5.65 Å². The van der Waals surface area contributed by atoms with Crippen molar-refractivity contribution in [2.75, 3.05) is 0 Å². The molecule has 2 aromatic heterocycles. The lowest BCUT2D eigenvalue weighted by Gasteiger charge is -2.06. The van der Waals surface area contributed by atoms with Crippen LogP contribution in [-0.2, 0) is 6.42 Å². The largest absolute Gasteiger partial charge is 0.215 e. The Labute approximate surface area is 84.9 Å². The first-order valence-electron chi connectivity index (χ1n) is 4.21. The molecule has 0 aromatic carbocycles. The maximum Gasteiger partial charge on any atom is 0.156 e. The Morgan fingerprint density at radius 2 is 2.31 bits per heavy atom. The topological polar surface area (TPSA) is 30.2 Å². The second-order valence-electron chi connectivity index (χ2n) is 2.98. The van der Waals surface area contributed by atoms with Gasteiger partial charge in [0.1, 0.15) is 10.9 Å². The van der Waals surface area contributed by atoms with Gasteiger partial charge in [0.05, 0.1) is 0 Å². The maximum absolute atomic E-state index is 4.14. The molecule has 0 unspecified atom stereocenters. The predicted molar refractivity (Wildman–Crippen MR) is 54.8 cm³/mol. The average Bonchev–Trinajstić information content (AvgIpc) is 2.53. The molecule has 0 atom stereocenters. The molecular weight excluding hydrogens is 230 g/mol. The molecule has 13 heavy (non-hydrogen) atoms. The average molecular weight is 240 g/mol. The van der Waals surface area contributed by atoms with E-state index < -0.39 is 0 Å². The fraction of sp³-hybridized carbons (Fsp3) is 0.333. The lowest BCUT2D eigenvalue weighted by atomic mass is 10.1. The molecule has 3 nitrogen and oxygen atoms in total. The highest BCUT2D eigenvalue weighted by molar-refractivity contribution is 9.10. The van der Waals surface area contributed by atoms with E-state index in [-0.39, 0.29) is 0 Å². The number of aromatic nitrogens is 3. The van der Waals surface area contributed by atoms with Crippen molar-refractivity contribution in [3.63, 3.8) is 0 Å². The number of hydrogen-bond donors (Lipinski definition) is 0. The molecule has 0 radical (unpaired) electrons. The van der Waals surface area contributed by atoms with Gasteiger partial charge in [-0.1, -0.05) is 6.92 Å². The van der Waals surface area contributed by atoms with Crippen molar-refractivity contribution in [2.45, 2.75) is 20.3 Å². The number of hydrogen-bond acceptors (Lipinski definition) is 2. The van der Waals surface area contributed by atoms with Gasteiger partial charge in [-0.2, -0.15) is 5.10 Å². The highest BCUT2D eigenvalue weighted by Crippen LogP contribution is 2.21. The summed E-state index contributed by atoms with van der Waals surface area (Å²) in [4.78, 5) is 4.14. The van der Waals surface area contributed by atoms with Crippen LogP contribution in [0.1, 0.15) is 18.1 Å². The molecule has 4 heteroatoms. The highest BCUT2D eigenvalue weighted by atomic mass is 79.9. The van der Waals surface area contributed by atoms with Crippen molar-refractivity contribution >= 4 is 21.6 Å². The van der Waals surface area contributed by atoms with Crippen molar-refractivity contribution in [1.29, 1.82) is 0 Å². The fourth-order valence-corrected chi connectivity index (χ4v) is 2.36. The quantitative estimate of drug-likeness (QED) is 0.716. The lowest BCUT2D eigenvalue weighted by Crippen LogP contribution is -1.98.